The van der Waals surface area contributed by atoms with Crippen LogP contribution in [0.3, 0.4) is 0 Å². The van der Waals surface area contributed by atoms with Gasteiger partial charge in [-0.3, -0.25) is 4.72 Å². The highest BCUT2D eigenvalue weighted by molar-refractivity contribution is 7.92. The van der Waals surface area contributed by atoms with Crippen LogP contribution in [0.4, 0.5) is 5.69 Å². The van der Waals surface area contributed by atoms with Gasteiger partial charge in [0.15, 0.2) is 0 Å². The molecule has 0 fully saturated rings. The van der Waals surface area contributed by atoms with Crippen LogP contribution in [0, 0.1) is 0 Å². The van der Waals surface area contributed by atoms with Gasteiger partial charge in [-0.1, -0.05) is 19.1 Å². The van der Waals surface area contributed by atoms with E-state index in [4.69, 9.17) is 4.74 Å². The molecule has 0 aliphatic heterocycles. The predicted molar refractivity (Wildman–Crippen MR) is 86.3 cm³/mol. The van der Waals surface area contributed by atoms with Crippen molar-refractivity contribution in [1.82, 2.24) is 10.2 Å². The molecule has 1 aromatic heterocycles. The number of hydrogen-bond donors (Lipinski definition) is 1. The fourth-order valence-electron chi connectivity index (χ4n) is 1.91. The van der Waals surface area contributed by atoms with Crippen LogP contribution in [0.15, 0.2) is 36.4 Å². The van der Waals surface area contributed by atoms with E-state index in [-0.39, 0.29) is 5.75 Å². The number of ether oxygens (including phenoxy) is 1. The molecule has 6 nitrogen and oxygen atoms in total. The Balaban J connectivity index is 2.11. The highest BCUT2D eigenvalue weighted by Crippen LogP contribution is 2.20. The van der Waals surface area contributed by atoms with Gasteiger partial charge >= 0.3 is 0 Å². The Morgan fingerprint density at radius 2 is 1.77 bits per heavy atom. The molecule has 1 aromatic carbocycles. The molecule has 0 saturated heterocycles. The molecular weight excluding hydrogens is 302 g/mol. The van der Waals surface area contributed by atoms with E-state index >= 15 is 0 Å². The summed E-state index contributed by atoms with van der Waals surface area (Å²) in [5.74, 6) is 0.592. The minimum atomic E-state index is -3.27. The monoisotopic (exact) mass is 321 g/mol. The SMILES string of the molecule is CCCS(=O)(=O)Nc1ccc(-c2ccc(OCC)nn2)cc1. The van der Waals surface area contributed by atoms with Crippen molar-refractivity contribution in [2.75, 3.05) is 17.1 Å². The molecule has 0 bridgehead atoms. The molecule has 1 heterocycles. The van der Waals surface area contributed by atoms with Crippen LogP contribution < -0.4 is 9.46 Å². The zero-order chi connectivity index (χ0) is 16.0. The van der Waals surface area contributed by atoms with E-state index in [2.05, 4.69) is 14.9 Å². The van der Waals surface area contributed by atoms with Crippen LogP contribution >= 0.6 is 0 Å². The second kappa shape index (κ2) is 7.22. The van der Waals surface area contributed by atoms with Crippen molar-refractivity contribution < 1.29 is 13.2 Å². The molecule has 0 radical (unpaired) electrons. The van der Waals surface area contributed by atoms with Gasteiger partial charge in [-0.25, -0.2) is 8.42 Å². The summed E-state index contributed by atoms with van der Waals surface area (Å²) in [7, 11) is -3.27. The third-order valence-electron chi connectivity index (χ3n) is 2.86. The Bertz CT molecular complexity index is 698. The summed E-state index contributed by atoms with van der Waals surface area (Å²) in [5.41, 5.74) is 2.09. The van der Waals surface area contributed by atoms with Crippen molar-refractivity contribution in [3.8, 4) is 17.1 Å². The van der Waals surface area contributed by atoms with Gasteiger partial charge in [-0.05, 0) is 31.5 Å². The maximum atomic E-state index is 11.7. The molecule has 1 N–H and O–H groups in total. The van der Waals surface area contributed by atoms with Crippen molar-refractivity contribution in [2.45, 2.75) is 20.3 Å². The lowest BCUT2D eigenvalue weighted by Gasteiger charge is -2.08. The first-order valence-corrected chi connectivity index (χ1v) is 8.76. The Labute approximate surface area is 130 Å². The van der Waals surface area contributed by atoms with Crippen LogP contribution in [-0.4, -0.2) is 31.0 Å². The van der Waals surface area contributed by atoms with Gasteiger partial charge in [0, 0.05) is 17.3 Å². The Morgan fingerprint density at radius 1 is 1.05 bits per heavy atom. The van der Waals surface area contributed by atoms with E-state index in [9.17, 15) is 8.42 Å². The summed E-state index contributed by atoms with van der Waals surface area (Å²) < 4.78 is 31.2. The predicted octanol–water partition coefficient (Wildman–Crippen LogP) is 2.69. The number of rotatable bonds is 7. The van der Waals surface area contributed by atoms with Gasteiger partial charge < -0.3 is 4.74 Å². The third-order valence-corrected chi connectivity index (χ3v) is 4.35. The Morgan fingerprint density at radius 3 is 2.32 bits per heavy atom. The molecular formula is C15H19N3O3S. The fourth-order valence-corrected chi connectivity index (χ4v) is 3.04. The van der Waals surface area contributed by atoms with Gasteiger partial charge in [-0.2, -0.15) is 0 Å². The van der Waals surface area contributed by atoms with Gasteiger partial charge in [0.05, 0.1) is 18.1 Å². The number of sulfonamides is 1. The molecule has 0 amide bonds. The molecule has 0 spiro atoms. The van der Waals surface area contributed by atoms with Gasteiger partial charge in [0.2, 0.25) is 15.9 Å². The molecule has 0 aliphatic carbocycles. The normalized spacial score (nSPS) is 11.2. The number of nitrogens with one attached hydrogen (secondary N) is 1. The van der Waals surface area contributed by atoms with Crippen molar-refractivity contribution in [1.29, 1.82) is 0 Å². The maximum absolute atomic E-state index is 11.7. The van der Waals surface area contributed by atoms with E-state index in [1.54, 1.807) is 30.3 Å². The Kier molecular flexibility index (Phi) is 5.32. The summed E-state index contributed by atoms with van der Waals surface area (Å²) in [6.45, 7) is 4.25. The second-order valence-electron chi connectivity index (χ2n) is 4.69. The topological polar surface area (TPSA) is 81.2 Å². The number of anilines is 1. The van der Waals surface area contributed by atoms with Crippen LogP contribution in [0.5, 0.6) is 5.88 Å². The average molecular weight is 321 g/mol. The van der Waals surface area contributed by atoms with Crippen molar-refractivity contribution in [3.63, 3.8) is 0 Å². The first-order valence-electron chi connectivity index (χ1n) is 7.11. The van der Waals surface area contributed by atoms with Crippen LogP contribution in [0.25, 0.3) is 11.3 Å². The lowest BCUT2D eigenvalue weighted by Crippen LogP contribution is -2.15. The zero-order valence-corrected chi connectivity index (χ0v) is 13.4. The summed E-state index contributed by atoms with van der Waals surface area (Å²) in [6.07, 6.45) is 0.579. The van der Waals surface area contributed by atoms with E-state index in [1.165, 1.54) is 0 Å². The lowest BCUT2D eigenvalue weighted by molar-refractivity contribution is 0.323. The summed E-state index contributed by atoms with van der Waals surface area (Å²) >= 11 is 0. The largest absolute Gasteiger partial charge is 0.477 e. The first kappa shape index (κ1) is 16.2. The van der Waals surface area contributed by atoms with Gasteiger partial charge in [0.25, 0.3) is 0 Å². The van der Waals surface area contributed by atoms with E-state index < -0.39 is 10.0 Å². The van der Waals surface area contributed by atoms with Crippen molar-refractivity contribution in [2.24, 2.45) is 0 Å². The lowest BCUT2D eigenvalue weighted by atomic mass is 10.1. The summed E-state index contributed by atoms with van der Waals surface area (Å²) in [5, 5.41) is 8.05. The zero-order valence-electron chi connectivity index (χ0n) is 12.6. The molecule has 2 rings (SSSR count). The Hall–Kier alpha value is -2.15. The fraction of sp³-hybridized carbons (Fsp3) is 0.333. The summed E-state index contributed by atoms with van der Waals surface area (Å²) in [4.78, 5) is 0. The molecule has 7 heteroatoms. The molecule has 0 atom stereocenters. The van der Waals surface area contributed by atoms with E-state index in [0.717, 1.165) is 5.56 Å². The smallest absolute Gasteiger partial charge is 0.233 e. The highest BCUT2D eigenvalue weighted by Gasteiger charge is 2.09. The molecule has 22 heavy (non-hydrogen) atoms. The van der Waals surface area contributed by atoms with E-state index in [0.29, 0.717) is 30.3 Å². The molecule has 118 valence electrons. The van der Waals surface area contributed by atoms with Crippen molar-refractivity contribution >= 4 is 15.7 Å². The quantitative estimate of drug-likeness (QED) is 0.848. The van der Waals surface area contributed by atoms with Crippen molar-refractivity contribution in [3.05, 3.63) is 36.4 Å². The standard InChI is InChI=1S/C15H19N3O3S/c1-3-11-22(19,20)18-13-7-5-12(6-8-13)14-9-10-15(17-16-14)21-4-2/h5-10,18H,3-4,11H2,1-2H3. The average Bonchev–Trinajstić information content (AvgIpc) is 2.49. The van der Waals surface area contributed by atoms with Crippen LogP contribution in [-0.2, 0) is 10.0 Å². The van der Waals surface area contributed by atoms with Crippen LogP contribution in [0.1, 0.15) is 20.3 Å². The minimum Gasteiger partial charge on any atom is -0.477 e. The number of benzene rings is 1. The van der Waals surface area contributed by atoms with Gasteiger partial charge in [-0.15, -0.1) is 10.2 Å². The number of aromatic nitrogens is 2. The number of hydrogen-bond acceptors (Lipinski definition) is 5. The second-order valence-corrected chi connectivity index (χ2v) is 6.53. The third kappa shape index (κ3) is 4.42. The molecule has 0 saturated carbocycles. The van der Waals surface area contributed by atoms with Gasteiger partial charge in [0.1, 0.15) is 0 Å². The maximum Gasteiger partial charge on any atom is 0.233 e. The molecule has 0 unspecified atom stereocenters. The molecule has 0 aliphatic rings. The van der Waals surface area contributed by atoms with E-state index in [1.807, 2.05) is 19.9 Å². The first-order chi connectivity index (χ1) is 10.5. The van der Waals surface area contributed by atoms with Crippen LogP contribution in [0.2, 0.25) is 0 Å². The highest BCUT2D eigenvalue weighted by atomic mass is 32.2. The number of nitrogens with zero attached hydrogens (tertiary/aromatic N) is 2. The molecule has 2 aromatic rings. The summed E-state index contributed by atoms with van der Waals surface area (Å²) in [6, 6.07) is 10.6. The minimum absolute atomic E-state index is 0.110.